The molecule has 0 amide bonds. The monoisotopic (exact) mass is 551 g/mol. The molecule has 0 spiro atoms. The predicted molar refractivity (Wildman–Crippen MR) is 136 cm³/mol. The highest BCUT2D eigenvalue weighted by Gasteiger charge is 2.17. The average molecular weight is 552 g/mol. The molecule has 0 saturated carbocycles. The van der Waals surface area contributed by atoms with Crippen LogP contribution in [0.25, 0.3) is 0 Å². The van der Waals surface area contributed by atoms with E-state index < -0.39 is 15.0 Å². The lowest BCUT2D eigenvalue weighted by Crippen LogP contribution is -2.14. The summed E-state index contributed by atoms with van der Waals surface area (Å²) < 4.78 is 51.0. The fraction of sp³-hybridized carbons (Fsp3) is 0.280. The number of nitrogens with zero attached hydrogens (tertiary/aromatic N) is 1. The van der Waals surface area contributed by atoms with E-state index in [9.17, 15) is 18.5 Å². The number of benzene rings is 3. The number of aryl methyl sites for hydroxylation is 1. The lowest BCUT2D eigenvalue weighted by Gasteiger charge is -2.10. The Morgan fingerprint density at radius 3 is 2.05 bits per heavy atom. The van der Waals surface area contributed by atoms with E-state index in [-0.39, 0.29) is 41.2 Å². The van der Waals surface area contributed by atoms with Crippen molar-refractivity contribution in [1.29, 1.82) is 0 Å². The summed E-state index contributed by atoms with van der Waals surface area (Å²) in [6, 6.07) is 17.2. The molecule has 12 heteroatoms. The average Bonchev–Trinajstić information content (AvgIpc) is 2.87. The Bertz CT molecular complexity index is 1270. The molecule has 0 aliphatic carbocycles. The van der Waals surface area contributed by atoms with E-state index in [1.165, 1.54) is 30.3 Å². The summed E-state index contributed by atoms with van der Waals surface area (Å²) in [5.74, 6) is 1.06. The molecule has 37 heavy (non-hydrogen) atoms. The van der Waals surface area contributed by atoms with Crippen LogP contribution in [0.5, 0.6) is 17.2 Å². The van der Waals surface area contributed by atoms with Gasteiger partial charge in [-0.2, -0.15) is 8.42 Å². The maximum absolute atomic E-state index is 12.1. The summed E-state index contributed by atoms with van der Waals surface area (Å²) in [6.07, 6.45) is 0. The fourth-order valence-corrected chi connectivity index (χ4v) is 4.03. The standard InChI is InChI=1S/C25H26ClNO9S/c1-19-2-9-23(10-3-19)37(30,31)35-17-15-33-13-12-32-14-16-34-21-5-7-22(8-6-21)36-25-11-4-20(26)18-24(25)27(28)29/h2-11,18H,12-17H2,1H3. The van der Waals surface area contributed by atoms with Crippen molar-refractivity contribution in [1.82, 2.24) is 0 Å². The van der Waals surface area contributed by atoms with Gasteiger partial charge in [-0.25, -0.2) is 0 Å². The maximum Gasteiger partial charge on any atom is 0.313 e. The van der Waals surface area contributed by atoms with Gasteiger partial charge >= 0.3 is 5.69 Å². The zero-order valence-corrected chi connectivity index (χ0v) is 21.6. The number of hydrogen-bond acceptors (Lipinski definition) is 9. The summed E-state index contributed by atoms with van der Waals surface area (Å²) in [7, 11) is -3.80. The SMILES string of the molecule is Cc1ccc(S(=O)(=O)OCCOCCOCCOc2ccc(Oc3ccc(Cl)cc3[N+](=O)[O-])cc2)cc1. The van der Waals surface area contributed by atoms with Crippen LogP contribution in [0.1, 0.15) is 5.56 Å². The second kappa shape index (κ2) is 13.9. The summed E-state index contributed by atoms with van der Waals surface area (Å²) in [6.45, 7) is 3.08. The molecule has 0 aromatic heterocycles. The van der Waals surface area contributed by atoms with Gasteiger partial charge in [0.05, 0.1) is 42.9 Å². The largest absolute Gasteiger partial charge is 0.491 e. The van der Waals surface area contributed by atoms with Crippen LogP contribution in [0, 0.1) is 17.0 Å². The van der Waals surface area contributed by atoms with E-state index in [0.717, 1.165) is 5.56 Å². The van der Waals surface area contributed by atoms with Gasteiger partial charge in [-0.3, -0.25) is 14.3 Å². The summed E-state index contributed by atoms with van der Waals surface area (Å²) in [5, 5.41) is 11.4. The second-order valence-corrected chi connectivity index (χ2v) is 9.66. The molecule has 0 aliphatic heterocycles. The van der Waals surface area contributed by atoms with Gasteiger partial charge in [-0.15, -0.1) is 0 Å². The highest BCUT2D eigenvalue weighted by atomic mass is 35.5. The molecule has 10 nitrogen and oxygen atoms in total. The molecule has 3 aromatic carbocycles. The second-order valence-electron chi connectivity index (χ2n) is 7.60. The van der Waals surface area contributed by atoms with Gasteiger partial charge in [0.1, 0.15) is 18.1 Å². The molecular formula is C25H26ClNO9S. The maximum atomic E-state index is 12.1. The van der Waals surface area contributed by atoms with E-state index in [1.807, 2.05) is 6.92 Å². The van der Waals surface area contributed by atoms with Crippen molar-refractivity contribution in [2.75, 3.05) is 39.6 Å². The van der Waals surface area contributed by atoms with Crippen LogP contribution in [-0.2, 0) is 23.8 Å². The third kappa shape index (κ3) is 9.30. The van der Waals surface area contributed by atoms with E-state index in [2.05, 4.69) is 0 Å². The molecule has 0 N–H and O–H groups in total. The molecule has 0 saturated heterocycles. The Morgan fingerprint density at radius 1 is 0.811 bits per heavy atom. The molecular weight excluding hydrogens is 526 g/mol. The lowest BCUT2D eigenvalue weighted by atomic mass is 10.2. The first-order chi connectivity index (χ1) is 17.7. The van der Waals surface area contributed by atoms with E-state index in [4.69, 9.17) is 34.7 Å². The van der Waals surface area contributed by atoms with Crippen LogP contribution in [0.15, 0.2) is 71.6 Å². The molecule has 3 rings (SSSR count). The van der Waals surface area contributed by atoms with Gasteiger partial charge in [-0.05, 0) is 55.5 Å². The third-order valence-electron chi connectivity index (χ3n) is 4.81. The predicted octanol–water partition coefficient (Wildman–Crippen LogP) is 5.17. The molecule has 0 heterocycles. The molecule has 0 aliphatic rings. The van der Waals surface area contributed by atoms with Gasteiger partial charge in [-0.1, -0.05) is 29.3 Å². The summed E-state index contributed by atoms with van der Waals surface area (Å²) >= 11 is 5.81. The summed E-state index contributed by atoms with van der Waals surface area (Å²) in [4.78, 5) is 10.7. The van der Waals surface area contributed by atoms with E-state index >= 15 is 0 Å². The van der Waals surface area contributed by atoms with Crippen LogP contribution in [-0.4, -0.2) is 53.0 Å². The fourth-order valence-electron chi connectivity index (χ4n) is 2.97. The molecule has 0 atom stereocenters. The topological polar surface area (TPSA) is 123 Å². The first kappa shape index (κ1) is 28.4. The first-order valence-corrected chi connectivity index (χ1v) is 13.0. The van der Waals surface area contributed by atoms with Crippen molar-refractivity contribution in [3.63, 3.8) is 0 Å². The van der Waals surface area contributed by atoms with Crippen molar-refractivity contribution in [2.45, 2.75) is 11.8 Å². The number of nitro groups is 1. The molecule has 0 unspecified atom stereocenters. The molecule has 0 bridgehead atoms. The quantitative estimate of drug-likeness (QED) is 0.109. The number of ether oxygens (including phenoxy) is 4. The van der Waals surface area contributed by atoms with Gasteiger partial charge < -0.3 is 18.9 Å². The van der Waals surface area contributed by atoms with E-state index in [1.54, 1.807) is 36.4 Å². The minimum absolute atomic E-state index is 0.0816. The highest BCUT2D eigenvalue weighted by molar-refractivity contribution is 7.86. The van der Waals surface area contributed by atoms with E-state index in [0.29, 0.717) is 31.3 Å². The van der Waals surface area contributed by atoms with Gasteiger partial charge in [0.15, 0.2) is 0 Å². The molecule has 198 valence electrons. The Kier molecular flexibility index (Phi) is 10.7. The van der Waals surface area contributed by atoms with Crippen molar-refractivity contribution in [3.05, 3.63) is 87.4 Å². The zero-order valence-electron chi connectivity index (χ0n) is 20.0. The minimum atomic E-state index is -3.80. The number of hydrogen-bond donors (Lipinski definition) is 0. The van der Waals surface area contributed by atoms with Crippen LogP contribution in [0.4, 0.5) is 5.69 Å². The number of rotatable bonds is 15. The zero-order chi connectivity index (χ0) is 26.7. The van der Waals surface area contributed by atoms with Crippen molar-refractivity contribution >= 4 is 27.4 Å². The Labute approximate surface area is 219 Å². The van der Waals surface area contributed by atoms with Crippen molar-refractivity contribution in [3.8, 4) is 17.2 Å². The number of nitro benzene ring substituents is 1. The van der Waals surface area contributed by atoms with Crippen LogP contribution < -0.4 is 9.47 Å². The lowest BCUT2D eigenvalue weighted by molar-refractivity contribution is -0.385. The number of halogens is 1. The Morgan fingerprint density at radius 2 is 1.41 bits per heavy atom. The van der Waals surface area contributed by atoms with Gasteiger partial charge in [0.2, 0.25) is 5.75 Å². The minimum Gasteiger partial charge on any atom is -0.491 e. The molecule has 0 radical (unpaired) electrons. The third-order valence-corrected chi connectivity index (χ3v) is 6.38. The smallest absolute Gasteiger partial charge is 0.313 e. The van der Waals surface area contributed by atoms with Gasteiger partial charge in [0.25, 0.3) is 10.1 Å². The van der Waals surface area contributed by atoms with Crippen molar-refractivity contribution < 1.29 is 36.5 Å². The van der Waals surface area contributed by atoms with Crippen LogP contribution in [0.3, 0.4) is 0 Å². The van der Waals surface area contributed by atoms with Gasteiger partial charge in [0, 0.05) is 11.1 Å². The van der Waals surface area contributed by atoms with Crippen LogP contribution in [0.2, 0.25) is 5.02 Å². The molecule has 3 aromatic rings. The summed E-state index contributed by atoms with van der Waals surface area (Å²) in [5.41, 5.74) is 0.731. The Hall–Kier alpha value is -3.22. The molecule has 0 fully saturated rings. The Balaban J connectivity index is 1.27. The van der Waals surface area contributed by atoms with Crippen LogP contribution >= 0.6 is 11.6 Å². The first-order valence-electron chi connectivity index (χ1n) is 11.2. The highest BCUT2D eigenvalue weighted by Crippen LogP contribution is 2.34. The van der Waals surface area contributed by atoms with Crippen molar-refractivity contribution in [2.24, 2.45) is 0 Å². The normalized spacial score (nSPS) is 11.3.